The molecule has 0 bridgehead atoms. The number of hydrogen-bond donors (Lipinski definition) is 3. The van der Waals surface area contributed by atoms with Gasteiger partial charge in [0.2, 0.25) is 5.91 Å². The predicted octanol–water partition coefficient (Wildman–Crippen LogP) is 7.74. The molecule has 246 valence electrons. The number of anilines is 1. The van der Waals surface area contributed by atoms with Crippen molar-refractivity contribution < 1.29 is 24.2 Å². The monoisotopic (exact) mass is 634 g/mol. The van der Waals surface area contributed by atoms with Crippen LogP contribution in [0.5, 0.6) is 5.75 Å². The summed E-state index contributed by atoms with van der Waals surface area (Å²) in [6, 6.07) is 32.4. The number of carboxylic acids is 1. The summed E-state index contributed by atoms with van der Waals surface area (Å²) < 4.78 is 5.88. The van der Waals surface area contributed by atoms with E-state index < -0.39 is 12.0 Å². The molecule has 4 rings (SSSR count). The van der Waals surface area contributed by atoms with Crippen molar-refractivity contribution in [1.29, 1.82) is 0 Å². The number of rotatable bonds is 20. The number of carboxylic acid groups (broad SMARTS) is 1. The number of para-hydroxylation sites is 1. The van der Waals surface area contributed by atoms with Gasteiger partial charge in [-0.25, -0.2) is 4.79 Å². The largest absolute Gasteiger partial charge is 0.492 e. The van der Waals surface area contributed by atoms with Gasteiger partial charge in [-0.3, -0.25) is 9.59 Å². The summed E-state index contributed by atoms with van der Waals surface area (Å²) in [5.74, 6) is -0.572. The molecule has 0 aromatic heterocycles. The average Bonchev–Trinajstić information content (AvgIpc) is 3.10. The number of unbranched alkanes of at least 4 members (excludes halogenated alkanes) is 4. The molecule has 2 atom stereocenters. The molecule has 7 heteroatoms. The zero-order valence-corrected chi connectivity index (χ0v) is 27.2. The standard InChI is InChI=1S/C40H46N2O5/c1-2-3-4-5-10-19-33(28-30-15-8-6-9-16-30)39(44)41-26-27-47-34-24-22-31(23-25-34)29-37(40(45)46)42-36-21-14-13-20-35(36)38(43)32-17-11-7-12-18-32/h6-9,11-18,20-25,33,37,42H,2-5,10,19,26-29H2,1H3,(H,41,44)(H,45,46). The van der Waals surface area contributed by atoms with Crippen LogP contribution in [0.25, 0.3) is 0 Å². The van der Waals surface area contributed by atoms with Crippen LogP contribution in [-0.2, 0) is 22.4 Å². The predicted molar refractivity (Wildman–Crippen MR) is 187 cm³/mol. The molecule has 0 aliphatic rings. The highest BCUT2D eigenvalue weighted by Gasteiger charge is 2.22. The van der Waals surface area contributed by atoms with Crippen LogP contribution in [-0.4, -0.2) is 42.0 Å². The van der Waals surface area contributed by atoms with Crippen LogP contribution in [0.3, 0.4) is 0 Å². The number of carbonyl (C=O) groups excluding carboxylic acids is 2. The molecule has 0 spiro atoms. The second-order valence-corrected chi connectivity index (χ2v) is 11.9. The number of hydrogen-bond acceptors (Lipinski definition) is 5. The van der Waals surface area contributed by atoms with Gasteiger partial charge in [-0.1, -0.05) is 124 Å². The molecular formula is C40H46N2O5. The second kappa shape index (κ2) is 18.9. The number of ether oxygens (including phenoxy) is 1. The topological polar surface area (TPSA) is 105 Å². The first kappa shape index (κ1) is 35.0. The zero-order valence-electron chi connectivity index (χ0n) is 27.2. The molecule has 3 N–H and O–H groups in total. The Morgan fingerprint density at radius 1 is 0.723 bits per heavy atom. The van der Waals surface area contributed by atoms with Crippen LogP contribution in [0.15, 0.2) is 109 Å². The third kappa shape index (κ3) is 11.4. The molecule has 0 radical (unpaired) electrons. The van der Waals surface area contributed by atoms with Gasteiger partial charge in [0.25, 0.3) is 0 Å². The summed E-state index contributed by atoms with van der Waals surface area (Å²) in [5.41, 5.74) is 3.40. The van der Waals surface area contributed by atoms with Gasteiger partial charge in [0.05, 0.1) is 6.54 Å². The Hall–Kier alpha value is -4.91. The van der Waals surface area contributed by atoms with Crippen LogP contribution in [0.2, 0.25) is 0 Å². The highest BCUT2D eigenvalue weighted by atomic mass is 16.5. The Kier molecular flexibility index (Phi) is 14.1. The van der Waals surface area contributed by atoms with E-state index in [1.807, 2.05) is 36.4 Å². The molecule has 47 heavy (non-hydrogen) atoms. The Morgan fingerprint density at radius 2 is 1.36 bits per heavy atom. The van der Waals surface area contributed by atoms with Crippen LogP contribution < -0.4 is 15.4 Å². The van der Waals surface area contributed by atoms with E-state index in [0.29, 0.717) is 35.7 Å². The fourth-order valence-corrected chi connectivity index (χ4v) is 5.60. The van der Waals surface area contributed by atoms with Crippen LogP contribution in [0.1, 0.15) is 72.5 Å². The summed E-state index contributed by atoms with van der Waals surface area (Å²) in [6.07, 6.45) is 7.64. The van der Waals surface area contributed by atoms with Gasteiger partial charge < -0.3 is 20.5 Å². The average molecular weight is 635 g/mol. The SMILES string of the molecule is CCCCCCCC(Cc1ccccc1)C(=O)NCCOc1ccc(CC(Nc2ccccc2C(=O)c2ccccc2)C(=O)O)cc1. The van der Waals surface area contributed by atoms with Gasteiger partial charge in [0.15, 0.2) is 5.78 Å². The highest BCUT2D eigenvalue weighted by molar-refractivity contribution is 6.12. The van der Waals surface area contributed by atoms with Crippen molar-refractivity contribution in [3.63, 3.8) is 0 Å². The quantitative estimate of drug-likeness (QED) is 0.0679. The first-order valence-electron chi connectivity index (χ1n) is 16.7. The lowest BCUT2D eigenvalue weighted by Crippen LogP contribution is -2.34. The van der Waals surface area contributed by atoms with Gasteiger partial charge in [-0.15, -0.1) is 0 Å². The van der Waals surface area contributed by atoms with Gasteiger partial charge in [0, 0.05) is 29.2 Å². The van der Waals surface area contributed by atoms with Crippen molar-refractivity contribution in [2.75, 3.05) is 18.5 Å². The number of aliphatic carboxylic acids is 1. The number of nitrogens with one attached hydrogen (secondary N) is 2. The van der Waals surface area contributed by atoms with E-state index in [1.165, 1.54) is 24.8 Å². The smallest absolute Gasteiger partial charge is 0.326 e. The number of benzene rings is 4. The first-order chi connectivity index (χ1) is 22.9. The second-order valence-electron chi connectivity index (χ2n) is 11.9. The fourth-order valence-electron chi connectivity index (χ4n) is 5.60. The van der Waals surface area contributed by atoms with Crippen molar-refractivity contribution in [2.24, 2.45) is 5.92 Å². The fraction of sp³-hybridized carbons (Fsp3) is 0.325. The van der Waals surface area contributed by atoms with Crippen molar-refractivity contribution in [3.8, 4) is 5.75 Å². The van der Waals surface area contributed by atoms with Gasteiger partial charge in [-0.2, -0.15) is 0 Å². The summed E-state index contributed by atoms with van der Waals surface area (Å²) >= 11 is 0. The molecule has 0 saturated heterocycles. The van der Waals surface area contributed by atoms with E-state index in [4.69, 9.17) is 4.74 Å². The third-order valence-corrected chi connectivity index (χ3v) is 8.22. The Bertz CT molecular complexity index is 1540. The van der Waals surface area contributed by atoms with Gasteiger partial charge in [-0.05, 0) is 48.2 Å². The van der Waals surface area contributed by atoms with E-state index in [-0.39, 0.29) is 24.0 Å². The van der Waals surface area contributed by atoms with Crippen molar-refractivity contribution in [1.82, 2.24) is 5.32 Å². The van der Waals surface area contributed by atoms with Crippen molar-refractivity contribution in [3.05, 3.63) is 131 Å². The summed E-state index contributed by atoms with van der Waals surface area (Å²) in [4.78, 5) is 38.4. The number of amides is 1. The van der Waals surface area contributed by atoms with E-state index in [9.17, 15) is 19.5 Å². The molecular weight excluding hydrogens is 588 g/mol. The van der Waals surface area contributed by atoms with Crippen molar-refractivity contribution >= 4 is 23.3 Å². The van der Waals surface area contributed by atoms with E-state index in [0.717, 1.165) is 31.2 Å². The lowest BCUT2D eigenvalue weighted by molar-refractivity contribution is -0.137. The molecule has 0 aliphatic heterocycles. The molecule has 0 saturated carbocycles. The minimum Gasteiger partial charge on any atom is -0.492 e. The number of carbonyl (C=O) groups is 3. The van der Waals surface area contributed by atoms with E-state index in [2.05, 4.69) is 29.7 Å². The molecule has 0 aliphatic carbocycles. The number of ketones is 1. The normalized spacial score (nSPS) is 12.1. The maximum atomic E-state index is 13.1. The van der Waals surface area contributed by atoms with E-state index in [1.54, 1.807) is 60.7 Å². The maximum Gasteiger partial charge on any atom is 0.326 e. The zero-order chi connectivity index (χ0) is 33.3. The summed E-state index contributed by atoms with van der Waals surface area (Å²) in [6.45, 7) is 2.92. The molecule has 2 unspecified atom stereocenters. The van der Waals surface area contributed by atoms with Gasteiger partial charge >= 0.3 is 5.97 Å². The third-order valence-electron chi connectivity index (χ3n) is 8.22. The van der Waals surface area contributed by atoms with Crippen LogP contribution in [0.4, 0.5) is 5.69 Å². The lowest BCUT2D eigenvalue weighted by Gasteiger charge is -2.19. The van der Waals surface area contributed by atoms with Gasteiger partial charge in [0.1, 0.15) is 18.4 Å². The Balaban J connectivity index is 1.27. The highest BCUT2D eigenvalue weighted by Crippen LogP contribution is 2.22. The minimum atomic E-state index is -1.02. The first-order valence-corrected chi connectivity index (χ1v) is 16.7. The Labute approximate surface area is 278 Å². The molecule has 7 nitrogen and oxygen atoms in total. The molecule has 0 heterocycles. The van der Waals surface area contributed by atoms with Crippen LogP contribution >= 0.6 is 0 Å². The molecule has 4 aromatic rings. The minimum absolute atomic E-state index is 0.0579. The van der Waals surface area contributed by atoms with Crippen molar-refractivity contribution in [2.45, 2.75) is 64.3 Å². The molecule has 0 fully saturated rings. The van der Waals surface area contributed by atoms with Crippen LogP contribution in [0, 0.1) is 5.92 Å². The molecule has 1 amide bonds. The van der Waals surface area contributed by atoms with E-state index >= 15 is 0 Å². The molecule has 4 aromatic carbocycles. The summed E-state index contributed by atoms with van der Waals surface area (Å²) in [7, 11) is 0. The maximum absolute atomic E-state index is 13.1. The Morgan fingerprint density at radius 3 is 2.06 bits per heavy atom. The summed E-state index contributed by atoms with van der Waals surface area (Å²) in [5, 5.41) is 16.1. The lowest BCUT2D eigenvalue weighted by atomic mass is 9.92.